The van der Waals surface area contributed by atoms with E-state index in [0.29, 0.717) is 11.1 Å². The standard InChI is InChI=1S/C12H10NO6P/c14-13(15)10-7-5-9(6-8-10)11-3-1-2-4-12(11)19-20(16,17)18/h1-8H,(H2,16,17,18). The quantitative estimate of drug-likeness (QED) is 0.510. The van der Waals surface area contributed by atoms with Gasteiger partial charge < -0.3 is 4.52 Å². The highest BCUT2D eigenvalue weighted by Gasteiger charge is 2.18. The first-order valence-corrected chi connectivity index (χ1v) is 6.99. The van der Waals surface area contributed by atoms with Crippen molar-refractivity contribution in [3.63, 3.8) is 0 Å². The van der Waals surface area contributed by atoms with E-state index in [1.54, 1.807) is 18.2 Å². The molecule has 0 aromatic heterocycles. The number of nitro benzene ring substituents is 1. The lowest BCUT2D eigenvalue weighted by Crippen LogP contribution is -1.93. The molecule has 2 aromatic carbocycles. The van der Waals surface area contributed by atoms with Crippen LogP contribution >= 0.6 is 7.82 Å². The molecule has 8 heteroatoms. The van der Waals surface area contributed by atoms with E-state index < -0.39 is 12.7 Å². The van der Waals surface area contributed by atoms with Crippen LogP contribution in [0, 0.1) is 10.1 Å². The molecule has 0 saturated heterocycles. The highest BCUT2D eigenvalue weighted by atomic mass is 31.2. The lowest BCUT2D eigenvalue weighted by molar-refractivity contribution is -0.384. The molecule has 0 radical (unpaired) electrons. The molecule has 2 N–H and O–H groups in total. The van der Waals surface area contributed by atoms with Gasteiger partial charge in [-0.15, -0.1) is 0 Å². The van der Waals surface area contributed by atoms with Gasteiger partial charge in [-0.3, -0.25) is 19.9 Å². The smallest absolute Gasteiger partial charge is 0.404 e. The van der Waals surface area contributed by atoms with Gasteiger partial charge in [-0.2, -0.15) is 0 Å². The minimum atomic E-state index is -4.67. The SMILES string of the molecule is O=[N+]([O-])c1ccc(-c2ccccc2OP(=O)(O)O)cc1. The number of phosphoric acid groups is 1. The molecule has 0 amide bonds. The number of hydrogen-bond donors (Lipinski definition) is 2. The van der Waals surface area contributed by atoms with Crippen molar-refractivity contribution < 1.29 is 23.8 Å². The number of non-ortho nitro benzene ring substituents is 1. The van der Waals surface area contributed by atoms with Crippen LogP contribution in [-0.4, -0.2) is 14.7 Å². The van der Waals surface area contributed by atoms with Crippen LogP contribution in [0.1, 0.15) is 0 Å². The molecule has 0 atom stereocenters. The van der Waals surface area contributed by atoms with E-state index in [1.165, 1.54) is 30.3 Å². The first-order chi connectivity index (χ1) is 9.37. The molecular weight excluding hydrogens is 285 g/mol. The Kier molecular flexibility index (Phi) is 3.85. The summed E-state index contributed by atoms with van der Waals surface area (Å²) in [4.78, 5) is 27.8. The summed E-state index contributed by atoms with van der Waals surface area (Å²) < 4.78 is 15.5. The van der Waals surface area contributed by atoms with E-state index in [-0.39, 0.29) is 11.4 Å². The lowest BCUT2D eigenvalue weighted by atomic mass is 10.0. The molecule has 0 unspecified atom stereocenters. The minimum Gasteiger partial charge on any atom is -0.404 e. The third-order valence-corrected chi connectivity index (χ3v) is 2.93. The fourth-order valence-corrected chi connectivity index (χ4v) is 2.09. The van der Waals surface area contributed by atoms with E-state index in [2.05, 4.69) is 4.52 Å². The third-order valence-electron chi connectivity index (χ3n) is 2.49. The van der Waals surface area contributed by atoms with Crippen molar-refractivity contribution in [3.05, 3.63) is 58.6 Å². The van der Waals surface area contributed by atoms with Crippen molar-refractivity contribution in [2.45, 2.75) is 0 Å². The first-order valence-electron chi connectivity index (χ1n) is 5.46. The normalized spacial score (nSPS) is 11.1. The second-order valence-corrected chi connectivity index (χ2v) is 5.05. The Morgan fingerprint density at radius 2 is 1.65 bits per heavy atom. The zero-order chi connectivity index (χ0) is 14.8. The maximum Gasteiger partial charge on any atom is 0.524 e. The predicted octanol–water partition coefficient (Wildman–Crippen LogP) is 2.73. The molecule has 7 nitrogen and oxygen atoms in total. The maximum absolute atomic E-state index is 10.9. The van der Waals surface area contributed by atoms with Gasteiger partial charge in [-0.05, 0) is 23.8 Å². The summed E-state index contributed by atoms with van der Waals surface area (Å²) in [6.07, 6.45) is 0. The summed E-state index contributed by atoms with van der Waals surface area (Å²) in [5.41, 5.74) is 0.924. The average Bonchev–Trinajstić information content (AvgIpc) is 2.37. The molecule has 0 bridgehead atoms. The van der Waals surface area contributed by atoms with Gasteiger partial charge in [-0.25, -0.2) is 4.57 Å². The van der Waals surface area contributed by atoms with E-state index in [9.17, 15) is 14.7 Å². The molecule has 0 fully saturated rings. The van der Waals surface area contributed by atoms with Crippen LogP contribution in [0.15, 0.2) is 48.5 Å². The molecule has 0 spiro atoms. The van der Waals surface area contributed by atoms with Crippen LogP contribution in [0.3, 0.4) is 0 Å². The second-order valence-electron chi connectivity index (χ2n) is 3.88. The van der Waals surface area contributed by atoms with Gasteiger partial charge in [0.1, 0.15) is 5.75 Å². The number of para-hydroxylation sites is 1. The fraction of sp³-hybridized carbons (Fsp3) is 0. The number of hydrogen-bond acceptors (Lipinski definition) is 4. The Labute approximate surface area is 113 Å². The molecule has 2 rings (SSSR count). The van der Waals surface area contributed by atoms with Gasteiger partial charge in [0.2, 0.25) is 0 Å². The first kappa shape index (κ1) is 14.2. The monoisotopic (exact) mass is 295 g/mol. The number of benzene rings is 2. The van der Waals surface area contributed by atoms with E-state index in [1.807, 2.05) is 0 Å². The number of rotatable bonds is 4. The Morgan fingerprint density at radius 1 is 1.05 bits per heavy atom. The zero-order valence-electron chi connectivity index (χ0n) is 10.0. The molecule has 0 heterocycles. The molecule has 20 heavy (non-hydrogen) atoms. The summed E-state index contributed by atoms with van der Waals surface area (Å²) >= 11 is 0. The lowest BCUT2D eigenvalue weighted by Gasteiger charge is -2.11. The summed E-state index contributed by atoms with van der Waals surface area (Å²) in [7, 11) is -4.67. The Hall–Kier alpha value is -2.21. The maximum atomic E-state index is 10.9. The molecule has 0 aliphatic heterocycles. The van der Waals surface area contributed by atoms with Crippen LogP contribution in [0.5, 0.6) is 5.75 Å². The largest absolute Gasteiger partial charge is 0.524 e. The number of phosphoric ester groups is 1. The predicted molar refractivity (Wildman–Crippen MR) is 71.2 cm³/mol. The highest BCUT2D eigenvalue weighted by molar-refractivity contribution is 7.46. The second kappa shape index (κ2) is 5.42. The van der Waals surface area contributed by atoms with E-state index >= 15 is 0 Å². The molecule has 0 aliphatic rings. The van der Waals surface area contributed by atoms with Crippen molar-refractivity contribution in [1.82, 2.24) is 0 Å². The molecular formula is C12H10NO6P. The van der Waals surface area contributed by atoms with Gasteiger partial charge in [0.15, 0.2) is 0 Å². The topological polar surface area (TPSA) is 110 Å². The summed E-state index contributed by atoms with van der Waals surface area (Å²) in [6.45, 7) is 0. The van der Waals surface area contributed by atoms with Crippen LogP contribution < -0.4 is 4.52 Å². The summed E-state index contributed by atoms with van der Waals surface area (Å²) in [5.74, 6) is 0.00897. The highest BCUT2D eigenvalue weighted by Crippen LogP contribution is 2.42. The molecule has 0 saturated carbocycles. The number of nitro groups is 1. The van der Waals surface area contributed by atoms with Crippen molar-refractivity contribution >= 4 is 13.5 Å². The van der Waals surface area contributed by atoms with Gasteiger partial charge in [-0.1, -0.05) is 18.2 Å². The van der Waals surface area contributed by atoms with Gasteiger partial charge in [0, 0.05) is 17.7 Å². The molecule has 2 aromatic rings. The van der Waals surface area contributed by atoms with E-state index in [4.69, 9.17) is 9.79 Å². The Balaban J connectivity index is 2.42. The zero-order valence-corrected chi connectivity index (χ0v) is 10.9. The van der Waals surface area contributed by atoms with Crippen LogP contribution in [0.2, 0.25) is 0 Å². The van der Waals surface area contributed by atoms with Crippen molar-refractivity contribution in [1.29, 1.82) is 0 Å². The summed E-state index contributed by atoms with van der Waals surface area (Å²) in [5, 5.41) is 10.6. The minimum absolute atomic E-state index is 0.00897. The van der Waals surface area contributed by atoms with Crippen LogP contribution in [0.4, 0.5) is 5.69 Å². The van der Waals surface area contributed by atoms with Crippen LogP contribution in [0.25, 0.3) is 11.1 Å². The van der Waals surface area contributed by atoms with Crippen molar-refractivity contribution in [2.75, 3.05) is 0 Å². The van der Waals surface area contributed by atoms with Gasteiger partial charge in [0.05, 0.1) is 4.92 Å². The fourth-order valence-electron chi connectivity index (χ4n) is 1.68. The van der Waals surface area contributed by atoms with Crippen LogP contribution in [-0.2, 0) is 4.57 Å². The Bertz CT molecular complexity index is 679. The van der Waals surface area contributed by atoms with E-state index in [0.717, 1.165) is 0 Å². The van der Waals surface area contributed by atoms with Crippen molar-refractivity contribution in [2.24, 2.45) is 0 Å². The van der Waals surface area contributed by atoms with Crippen molar-refractivity contribution in [3.8, 4) is 16.9 Å². The number of nitrogens with zero attached hydrogens (tertiary/aromatic N) is 1. The average molecular weight is 295 g/mol. The third kappa shape index (κ3) is 3.42. The van der Waals surface area contributed by atoms with Gasteiger partial charge in [0.25, 0.3) is 5.69 Å². The molecule has 104 valence electrons. The van der Waals surface area contributed by atoms with Gasteiger partial charge >= 0.3 is 7.82 Å². The molecule has 0 aliphatic carbocycles. The Morgan fingerprint density at radius 3 is 2.20 bits per heavy atom. The summed E-state index contributed by atoms with van der Waals surface area (Å²) in [6, 6.07) is 11.8.